The van der Waals surface area contributed by atoms with Crippen LogP contribution in [-0.2, 0) is 7.05 Å². The fourth-order valence-corrected chi connectivity index (χ4v) is 2.92. The summed E-state index contributed by atoms with van der Waals surface area (Å²) in [6.45, 7) is 1.38. The van der Waals surface area contributed by atoms with E-state index >= 15 is 0 Å². The van der Waals surface area contributed by atoms with Crippen molar-refractivity contribution in [2.45, 2.75) is 12.5 Å². The van der Waals surface area contributed by atoms with Crippen LogP contribution in [0.2, 0.25) is 0 Å². The molecule has 0 aliphatic carbocycles. The lowest BCUT2D eigenvalue weighted by molar-refractivity contribution is 0.0933. The van der Waals surface area contributed by atoms with Gasteiger partial charge in [0.15, 0.2) is 5.82 Å². The Hall–Kier alpha value is -3.30. The molecule has 1 amide bonds. The molecular weight excluding hydrogens is 324 g/mol. The Morgan fingerprint density at radius 1 is 1.36 bits per heavy atom. The Kier molecular flexibility index (Phi) is 3.64. The highest BCUT2D eigenvalue weighted by Crippen LogP contribution is 2.21. The molecule has 0 spiro atoms. The van der Waals surface area contributed by atoms with Gasteiger partial charge in [-0.25, -0.2) is 9.67 Å². The van der Waals surface area contributed by atoms with Crippen molar-refractivity contribution in [1.82, 2.24) is 34.7 Å². The lowest BCUT2D eigenvalue weighted by Gasteiger charge is -2.18. The summed E-state index contributed by atoms with van der Waals surface area (Å²) in [6.07, 6.45) is 5.90. The van der Waals surface area contributed by atoms with Crippen LogP contribution < -0.4 is 15.8 Å². The Labute approximate surface area is 142 Å². The molecule has 0 radical (unpaired) electrons. The van der Waals surface area contributed by atoms with Crippen molar-refractivity contribution >= 4 is 17.4 Å². The van der Waals surface area contributed by atoms with Crippen molar-refractivity contribution in [3.05, 3.63) is 46.9 Å². The quantitative estimate of drug-likeness (QED) is 0.666. The molecule has 10 heteroatoms. The maximum Gasteiger partial charge on any atom is 0.272 e. The van der Waals surface area contributed by atoms with E-state index in [1.807, 2.05) is 4.40 Å². The Balaban J connectivity index is 1.47. The maximum atomic E-state index is 12.3. The third kappa shape index (κ3) is 2.82. The molecular formula is C15H16N8O2. The summed E-state index contributed by atoms with van der Waals surface area (Å²) in [5.74, 6) is 0.452. The van der Waals surface area contributed by atoms with Crippen molar-refractivity contribution in [3.63, 3.8) is 0 Å². The summed E-state index contributed by atoms with van der Waals surface area (Å²) in [7, 11) is 1.52. The predicted molar refractivity (Wildman–Crippen MR) is 88.3 cm³/mol. The van der Waals surface area contributed by atoms with Crippen LogP contribution in [-0.4, -0.2) is 54.4 Å². The number of amides is 1. The van der Waals surface area contributed by atoms with Crippen molar-refractivity contribution in [2.75, 3.05) is 18.0 Å². The second-order valence-corrected chi connectivity index (χ2v) is 5.90. The van der Waals surface area contributed by atoms with Crippen LogP contribution in [0, 0.1) is 0 Å². The zero-order chi connectivity index (χ0) is 17.4. The molecule has 1 saturated heterocycles. The van der Waals surface area contributed by atoms with Crippen LogP contribution in [0.3, 0.4) is 0 Å². The standard InChI is InChI=1S/C15H16N8O2/c1-21-12(24)3-2-11(20-21)15(25)18-10-4-6-22(8-10)13-14-19-17-9-23(14)7-5-16-13/h2-3,5,7,9-10H,4,6,8H2,1H3,(H,18,25)/t10-/m1/s1. The summed E-state index contributed by atoms with van der Waals surface area (Å²) in [5, 5.41) is 14.9. The molecule has 1 aliphatic rings. The second-order valence-electron chi connectivity index (χ2n) is 5.90. The van der Waals surface area contributed by atoms with Crippen LogP contribution in [0.5, 0.6) is 0 Å². The van der Waals surface area contributed by atoms with Crippen molar-refractivity contribution in [3.8, 4) is 0 Å². The highest BCUT2D eigenvalue weighted by Gasteiger charge is 2.27. The van der Waals surface area contributed by atoms with Crippen molar-refractivity contribution in [1.29, 1.82) is 0 Å². The number of hydrogen-bond acceptors (Lipinski definition) is 7. The third-order valence-electron chi connectivity index (χ3n) is 4.21. The van der Waals surface area contributed by atoms with Crippen molar-refractivity contribution in [2.24, 2.45) is 7.05 Å². The number of carbonyl (C=O) groups is 1. The predicted octanol–water partition coefficient (Wildman–Crippen LogP) is -0.773. The Morgan fingerprint density at radius 2 is 2.24 bits per heavy atom. The molecule has 0 aromatic carbocycles. The molecule has 0 bridgehead atoms. The number of aromatic nitrogens is 6. The Bertz CT molecular complexity index is 994. The highest BCUT2D eigenvalue weighted by atomic mass is 16.2. The van der Waals surface area contributed by atoms with Gasteiger partial charge in [-0.05, 0) is 12.5 Å². The van der Waals surface area contributed by atoms with Gasteiger partial charge in [0.2, 0.25) is 5.65 Å². The van der Waals surface area contributed by atoms with Crippen LogP contribution >= 0.6 is 0 Å². The minimum Gasteiger partial charge on any atom is -0.351 e. The minimum atomic E-state index is -0.295. The van der Waals surface area contributed by atoms with E-state index in [1.54, 1.807) is 18.7 Å². The van der Waals surface area contributed by atoms with Gasteiger partial charge in [-0.15, -0.1) is 10.2 Å². The van der Waals surface area contributed by atoms with Crippen LogP contribution in [0.1, 0.15) is 16.9 Å². The number of nitrogens with zero attached hydrogens (tertiary/aromatic N) is 7. The SMILES string of the molecule is Cn1nc(C(=O)N[C@@H]2CCN(c3nccn4cnnc34)C2)ccc1=O. The van der Waals surface area contributed by atoms with E-state index in [9.17, 15) is 9.59 Å². The molecule has 10 nitrogen and oxygen atoms in total. The van der Waals surface area contributed by atoms with Gasteiger partial charge in [-0.1, -0.05) is 0 Å². The number of rotatable bonds is 3. The molecule has 128 valence electrons. The topological polar surface area (TPSA) is 110 Å². The number of fused-ring (bicyclic) bond motifs is 1. The van der Waals surface area contributed by atoms with Gasteiger partial charge in [-0.3, -0.25) is 14.0 Å². The van der Waals surface area contributed by atoms with Gasteiger partial charge in [0.05, 0.1) is 0 Å². The number of carbonyl (C=O) groups excluding carboxylic acids is 1. The largest absolute Gasteiger partial charge is 0.351 e. The van der Waals surface area contributed by atoms with Crippen molar-refractivity contribution < 1.29 is 4.79 Å². The first-order chi connectivity index (χ1) is 12.1. The lowest BCUT2D eigenvalue weighted by Crippen LogP contribution is -2.38. The number of nitrogens with one attached hydrogen (secondary N) is 1. The van der Waals surface area contributed by atoms with Gasteiger partial charge in [0.1, 0.15) is 12.0 Å². The first kappa shape index (κ1) is 15.2. The van der Waals surface area contributed by atoms with E-state index in [4.69, 9.17) is 0 Å². The number of aryl methyl sites for hydroxylation is 1. The summed E-state index contributed by atoms with van der Waals surface area (Å²) in [5.41, 5.74) is 0.656. The van der Waals surface area contributed by atoms with E-state index in [0.29, 0.717) is 12.2 Å². The molecule has 1 N–H and O–H groups in total. The van der Waals surface area contributed by atoms with Gasteiger partial charge >= 0.3 is 0 Å². The Morgan fingerprint density at radius 3 is 3.08 bits per heavy atom. The molecule has 3 aromatic heterocycles. The fourth-order valence-electron chi connectivity index (χ4n) is 2.92. The average Bonchev–Trinajstić information content (AvgIpc) is 3.26. The van der Waals surface area contributed by atoms with E-state index in [1.165, 1.54) is 19.2 Å². The van der Waals surface area contributed by atoms with E-state index in [2.05, 4.69) is 30.5 Å². The summed E-state index contributed by atoms with van der Waals surface area (Å²) in [4.78, 5) is 30.2. The molecule has 0 unspecified atom stereocenters. The maximum absolute atomic E-state index is 12.3. The second kappa shape index (κ2) is 5.96. The van der Waals surface area contributed by atoms with E-state index in [-0.39, 0.29) is 23.2 Å². The fraction of sp³-hybridized carbons (Fsp3) is 0.333. The number of hydrogen-bond donors (Lipinski definition) is 1. The lowest BCUT2D eigenvalue weighted by atomic mass is 10.2. The average molecular weight is 340 g/mol. The molecule has 25 heavy (non-hydrogen) atoms. The monoisotopic (exact) mass is 340 g/mol. The van der Waals surface area contributed by atoms with Crippen LogP contribution in [0.25, 0.3) is 5.65 Å². The molecule has 3 aromatic rings. The normalized spacial score (nSPS) is 17.2. The minimum absolute atomic E-state index is 0.0310. The van der Waals surface area contributed by atoms with Crippen LogP contribution in [0.4, 0.5) is 5.82 Å². The first-order valence-corrected chi connectivity index (χ1v) is 7.86. The zero-order valence-electron chi connectivity index (χ0n) is 13.5. The summed E-state index contributed by atoms with van der Waals surface area (Å²) < 4.78 is 2.95. The smallest absolute Gasteiger partial charge is 0.272 e. The molecule has 4 heterocycles. The van der Waals surface area contributed by atoms with E-state index in [0.717, 1.165) is 23.5 Å². The third-order valence-corrected chi connectivity index (χ3v) is 4.21. The summed E-state index contributed by atoms with van der Waals surface area (Å²) in [6, 6.07) is 2.73. The van der Waals surface area contributed by atoms with Crippen LogP contribution in [0.15, 0.2) is 35.6 Å². The van der Waals surface area contributed by atoms with E-state index < -0.39 is 0 Å². The summed E-state index contributed by atoms with van der Waals surface area (Å²) >= 11 is 0. The molecule has 4 rings (SSSR count). The van der Waals surface area contributed by atoms with Gasteiger partial charge in [-0.2, -0.15) is 5.10 Å². The molecule has 0 saturated carbocycles. The molecule has 1 aliphatic heterocycles. The first-order valence-electron chi connectivity index (χ1n) is 7.86. The molecule has 1 atom stereocenters. The number of anilines is 1. The molecule has 1 fully saturated rings. The van der Waals surface area contributed by atoms with Gasteiger partial charge < -0.3 is 10.2 Å². The zero-order valence-corrected chi connectivity index (χ0v) is 13.5. The highest BCUT2D eigenvalue weighted by molar-refractivity contribution is 5.92. The van der Waals surface area contributed by atoms with Gasteiger partial charge in [0, 0.05) is 44.6 Å². The van der Waals surface area contributed by atoms with Gasteiger partial charge in [0.25, 0.3) is 11.5 Å².